The third-order valence-corrected chi connectivity index (χ3v) is 6.04. The van der Waals surface area contributed by atoms with E-state index in [0.717, 1.165) is 11.1 Å². The number of hydrogen-bond acceptors (Lipinski definition) is 5. The molecule has 0 saturated carbocycles. The Morgan fingerprint density at radius 3 is 2.41 bits per heavy atom. The zero-order chi connectivity index (χ0) is 20.9. The molecule has 2 aromatic carbocycles. The van der Waals surface area contributed by atoms with Gasteiger partial charge in [-0.15, -0.1) is 0 Å². The van der Waals surface area contributed by atoms with Crippen molar-refractivity contribution >= 4 is 21.6 Å². The summed E-state index contributed by atoms with van der Waals surface area (Å²) in [5.41, 5.74) is 2.09. The molecule has 0 fully saturated rings. The zero-order valence-corrected chi connectivity index (χ0v) is 16.9. The molecule has 1 aromatic heterocycles. The van der Waals surface area contributed by atoms with Gasteiger partial charge in [-0.25, -0.2) is 13.2 Å². The van der Waals surface area contributed by atoms with Crippen molar-refractivity contribution in [3.63, 3.8) is 0 Å². The van der Waals surface area contributed by atoms with E-state index >= 15 is 0 Å². The van der Waals surface area contributed by atoms with E-state index in [0.29, 0.717) is 18.0 Å². The summed E-state index contributed by atoms with van der Waals surface area (Å²) in [5, 5.41) is 5.39. The maximum Gasteiger partial charge on any atom is 0.319 e. The number of pyridine rings is 1. The Labute approximate surface area is 169 Å². The lowest BCUT2D eigenvalue weighted by Gasteiger charge is -2.10. The van der Waals surface area contributed by atoms with Crippen LogP contribution in [0.25, 0.3) is 0 Å². The lowest BCUT2D eigenvalue weighted by molar-refractivity contribution is 0.251. The van der Waals surface area contributed by atoms with Crippen LogP contribution >= 0.6 is 0 Å². The number of aryl methyl sites for hydroxylation is 1. The number of nitrogens with one attached hydrogen (secondary N) is 2. The number of aromatic nitrogens is 1. The molecule has 3 rings (SSSR count). The summed E-state index contributed by atoms with van der Waals surface area (Å²) >= 11 is 0. The number of rotatable bonds is 6. The fourth-order valence-corrected chi connectivity index (χ4v) is 4.08. The number of sulfone groups is 1. The third kappa shape index (κ3) is 4.91. The summed E-state index contributed by atoms with van der Waals surface area (Å²) in [5.74, 6) is 0.626. The van der Waals surface area contributed by atoms with Crippen molar-refractivity contribution in [3.05, 3.63) is 78.1 Å². The molecule has 0 spiro atoms. The Morgan fingerprint density at radius 1 is 1.07 bits per heavy atom. The number of anilines is 1. The zero-order valence-electron chi connectivity index (χ0n) is 16.0. The van der Waals surface area contributed by atoms with Crippen molar-refractivity contribution in [2.24, 2.45) is 0 Å². The van der Waals surface area contributed by atoms with Crippen molar-refractivity contribution in [2.45, 2.75) is 23.3 Å². The van der Waals surface area contributed by atoms with Gasteiger partial charge in [0.15, 0.2) is 0 Å². The molecule has 0 bridgehead atoms. The molecule has 0 unspecified atom stereocenters. The second kappa shape index (κ2) is 8.74. The van der Waals surface area contributed by atoms with Crippen molar-refractivity contribution in [1.29, 1.82) is 0 Å². The van der Waals surface area contributed by atoms with E-state index in [9.17, 15) is 13.2 Å². The number of methoxy groups -OCH3 is 1. The Morgan fingerprint density at radius 2 is 1.79 bits per heavy atom. The van der Waals surface area contributed by atoms with E-state index in [-0.39, 0.29) is 9.79 Å². The first kappa shape index (κ1) is 20.3. The van der Waals surface area contributed by atoms with Gasteiger partial charge in [-0.1, -0.05) is 6.07 Å². The predicted molar refractivity (Wildman–Crippen MR) is 110 cm³/mol. The van der Waals surface area contributed by atoms with Gasteiger partial charge >= 0.3 is 6.03 Å². The number of carbonyl (C=O) groups excluding carboxylic acids is 1. The molecule has 2 N–H and O–H groups in total. The standard InChI is InChI=1S/C21H21N3O4S/c1-15-12-19(9-10-20(15)28-2)29(26,27)18-7-5-17(6-8-18)24-21(25)23-14-16-4-3-11-22-13-16/h3-13H,14H2,1-2H3,(H2,23,24,25). The molecule has 0 radical (unpaired) electrons. The summed E-state index contributed by atoms with van der Waals surface area (Å²) in [6.07, 6.45) is 3.33. The highest BCUT2D eigenvalue weighted by Crippen LogP contribution is 2.26. The number of nitrogens with zero attached hydrogens (tertiary/aromatic N) is 1. The minimum atomic E-state index is -3.67. The van der Waals surface area contributed by atoms with Crippen LogP contribution in [0.15, 0.2) is 76.8 Å². The Kier molecular flexibility index (Phi) is 6.13. The van der Waals surface area contributed by atoms with Gasteiger partial charge < -0.3 is 15.4 Å². The number of amides is 2. The number of urea groups is 1. The fraction of sp³-hybridized carbons (Fsp3) is 0.143. The maximum absolute atomic E-state index is 12.8. The highest BCUT2D eigenvalue weighted by molar-refractivity contribution is 7.91. The van der Waals surface area contributed by atoms with Gasteiger partial charge in [0.05, 0.1) is 16.9 Å². The first-order valence-electron chi connectivity index (χ1n) is 8.84. The lowest BCUT2D eigenvalue weighted by atomic mass is 10.2. The van der Waals surface area contributed by atoms with Gasteiger partial charge in [-0.3, -0.25) is 4.98 Å². The highest BCUT2D eigenvalue weighted by atomic mass is 32.2. The summed E-state index contributed by atoms with van der Waals surface area (Å²) in [4.78, 5) is 16.3. The van der Waals surface area contributed by atoms with E-state index in [1.807, 2.05) is 6.07 Å². The molecule has 0 aliphatic rings. The molecule has 0 atom stereocenters. The van der Waals surface area contributed by atoms with Crippen molar-refractivity contribution in [3.8, 4) is 5.75 Å². The number of ether oxygens (including phenoxy) is 1. The minimum absolute atomic E-state index is 0.142. The highest BCUT2D eigenvalue weighted by Gasteiger charge is 2.18. The molecule has 1 heterocycles. The van der Waals surface area contributed by atoms with E-state index in [1.165, 1.54) is 25.3 Å². The summed E-state index contributed by atoms with van der Waals surface area (Å²) < 4.78 is 30.8. The average molecular weight is 411 g/mol. The van der Waals surface area contributed by atoms with Crippen LogP contribution in [-0.4, -0.2) is 26.5 Å². The largest absolute Gasteiger partial charge is 0.496 e. The van der Waals surface area contributed by atoms with Crippen LogP contribution in [-0.2, 0) is 16.4 Å². The van der Waals surface area contributed by atoms with Crippen LogP contribution in [0.1, 0.15) is 11.1 Å². The van der Waals surface area contributed by atoms with Crippen LogP contribution in [0.3, 0.4) is 0 Å². The smallest absolute Gasteiger partial charge is 0.319 e. The second-order valence-electron chi connectivity index (χ2n) is 6.33. The van der Waals surface area contributed by atoms with Gasteiger partial charge in [0.1, 0.15) is 5.75 Å². The van der Waals surface area contributed by atoms with E-state index in [4.69, 9.17) is 4.74 Å². The molecule has 150 valence electrons. The monoisotopic (exact) mass is 411 g/mol. The van der Waals surface area contributed by atoms with Gasteiger partial charge in [0.2, 0.25) is 9.84 Å². The molecule has 3 aromatic rings. The Bertz CT molecular complexity index is 1100. The van der Waals surface area contributed by atoms with E-state index in [2.05, 4.69) is 15.6 Å². The topological polar surface area (TPSA) is 97.4 Å². The fourth-order valence-electron chi connectivity index (χ4n) is 2.73. The van der Waals surface area contributed by atoms with Gasteiger partial charge in [0.25, 0.3) is 0 Å². The number of hydrogen-bond donors (Lipinski definition) is 2. The molecule has 7 nitrogen and oxygen atoms in total. The molecule has 2 amide bonds. The van der Waals surface area contributed by atoms with Gasteiger partial charge in [-0.2, -0.15) is 0 Å². The van der Waals surface area contributed by atoms with Crippen molar-refractivity contribution < 1.29 is 17.9 Å². The minimum Gasteiger partial charge on any atom is -0.496 e. The molecule has 0 saturated heterocycles. The van der Waals surface area contributed by atoms with Crippen molar-refractivity contribution in [1.82, 2.24) is 10.3 Å². The first-order valence-corrected chi connectivity index (χ1v) is 10.3. The predicted octanol–water partition coefficient (Wildman–Crippen LogP) is 3.55. The Hall–Kier alpha value is -3.39. The lowest BCUT2D eigenvalue weighted by Crippen LogP contribution is -2.28. The number of benzene rings is 2. The van der Waals surface area contributed by atoms with Crippen LogP contribution in [0.5, 0.6) is 5.75 Å². The normalized spacial score (nSPS) is 11.0. The molecule has 0 aliphatic carbocycles. The van der Waals surface area contributed by atoms with Crippen LogP contribution in [0.4, 0.5) is 10.5 Å². The molecule has 0 aliphatic heterocycles. The van der Waals surface area contributed by atoms with Gasteiger partial charge in [0, 0.05) is 24.6 Å². The summed E-state index contributed by atoms with van der Waals surface area (Å²) in [7, 11) is -2.13. The summed E-state index contributed by atoms with van der Waals surface area (Å²) in [6.45, 7) is 2.12. The maximum atomic E-state index is 12.8. The van der Waals surface area contributed by atoms with Crippen molar-refractivity contribution in [2.75, 3.05) is 12.4 Å². The average Bonchev–Trinajstić information content (AvgIpc) is 2.73. The first-order chi connectivity index (χ1) is 13.9. The van der Waals surface area contributed by atoms with E-state index < -0.39 is 15.9 Å². The molecule has 29 heavy (non-hydrogen) atoms. The summed E-state index contributed by atoms with van der Waals surface area (Å²) in [6, 6.07) is 14.0. The quantitative estimate of drug-likeness (QED) is 0.646. The van der Waals surface area contributed by atoms with Crippen LogP contribution < -0.4 is 15.4 Å². The van der Waals surface area contributed by atoms with E-state index in [1.54, 1.807) is 49.6 Å². The molecular weight excluding hydrogens is 390 g/mol. The third-order valence-electron chi connectivity index (χ3n) is 4.27. The van der Waals surface area contributed by atoms with Crippen LogP contribution in [0, 0.1) is 6.92 Å². The molecular formula is C21H21N3O4S. The second-order valence-corrected chi connectivity index (χ2v) is 8.28. The SMILES string of the molecule is COc1ccc(S(=O)(=O)c2ccc(NC(=O)NCc3cccnc3)cc2)cc1C. The molecule has 8 heteroatoms. The van der Waals surface area contributed by atoms with Crippen LogP contribution in [0.2, 0.25) is 0 Å². The number of carbonyl (C=O) groups is 1. The van der Waals surface area contributed by atoms with Gasteiger partial charge in [-0.05, 0) is 66.6 Å². The Balaban J connectivity index is 1.67.